The van der Waals surface area contributed by atoms with E-state index in [0.717, 1.165) is 0 Å². The molecule has 1 fully saturated rings. The summed E-state index contributed by atoms with van der Waals surface area (Å²) in [6, 6.07) is 9.65. The Morgan fingerprint density at radius 1 is 1.13 bits per heavy atom. The van der Waals surface area contributed by atoms with Gasteiger partial charge in [0.2, 0.25) is 5.91 Å². The van der Waals surface area contributed by atoms with Crippen molar-refractivity contribution in [1.29, 1.82) is 0 Å². The number of hydrogen-bond donors (Lipinski definition) is 1. The summed E-state index contributed by atoms with van der Waals surface area (Å²) >= 11 is 12.1. The molecule has 3 rings (SSSR count). The molecule has 164 valence electrons. The molecular formula is C21H20Cl2N2O6. The molecule has 0 saturated carbocycles. The predicted octanol–water partition coefficient (Wildman–Crippen LogP) is 3.55. The Hall–Kier alpha value is -2.97. The van der Waals surface area contributed by atoms with Gasteiger partial charge < -0.3 is 24.4 Å². The van der Waals surface area contributed by atoms with Gasteiger partial charge in [-0.3, -0.25) is 14.4 Å². The normalized spacial score (nSPS) is 15.5. The van der Waals surface area contributed by atoms with Gasteiger partial charge in [0.05, 0.1) is 36.5 Å². The second kappa shape index (κ2) is 9.89. The molecule has 2 aromatic carbocycles. The second-order valence-corrected chi connectivity index (χ2v) is 7.57. The number of anilines is 2. The quantitative estimate of drug-likeness (QED) is 0.627. The fourth-order valence-electron chi connectivity index (χ4n) is 3.14. The zero-order valence-electron chi connectivity index (χ0n) is 16.8. The Morgan fingerprint density at radius 3 is 2.61 bits per heavy atom. The molecule has 1 aliphatic rings. The minimum Gasteiger partial charge on any atom is -0.497 e. The van der Waals surface area contributed by atoms with E-state index in [1.165, 1.54) is 19.1 Å². The number of nitrogens with zero attached hydrogens (tertiary/aromatic N) is 1. The summed E-state index contributed by atoms with van der Waals surface area (Å²) in [6.07, 6.45) is -0.0486. The van der Waals surface area contributed by atoms with Crippen molar-refractivity contribution in [3.8, 4) is 11.5 Å². The van der Waals surface area contributed by atoms with Crippen LogP contribution in [0.3, 0.4) is 0 Å². The average molecular weight is 467 g/mol. The van der Waals surface area contributed by atoms with Crippen LogP contribution in [0.15, 0.2) is 36.4 Å². The molecule has 2 amide bonds. The highest BCUT2D eigenvalue weighted by atomic mass is 35.5. The second-order valence-electron chi connectivity index (χ2n) is 6.72. The molecule has 0 aromatic heterocycles. The highest BCUT2D eigenvalue weighted by Crippen LogP contribution is 2.34. The van der Waals surface area contributed by atoms with Crippen molar-refractivity contribution in [2.45, 2.75) is 6.42 Å². The monoisotopic (exact) mass is 466 g/mol. The van der Waals surface area contributed by atoms with E-state index in [1.807, 2.05) is 0 Å². The SMILES string of the molecule is COc1ccc(OC)c(NC(=O)COC(=O)[C@H]2CC(=O)N(c3cc(Cl)ccc3Cl)C2)c1. The van der Waals surface area contributed by atoms with Gasteiger partial charge in [-0.1, -0.05) is 23.2 Å². The van der Waals surface area contributed by atoms with Crippen molar-refractivity contribution in [2.75, 3.05) is 37.6 Å². The van der Waals surface area contributed by atoms with Crippen LogP contribution in [-0.2, 0) is 19.1 Å². The summed E-state index contributed by atoms with van der Waals surface area (Å²) in [5.41, 5.74) is 0.804. The lowest BCUT2D eigenvalue weighted by Crippen LogP contribution is -2.28. The van der Waals surface area contributed by atoms with Gasteiger partial charge in [0.1, 0.15) is 11.5 Å². The van der Waals surface area contributed by atoms with Gasteiger partial charge >= 0.3 is 5.97 Å². The molecule has 2 aromatic rings. The molecule has 1 atom stereocenters. The number of benzene rings is 2. The van der Waals surface area contributed by atoms with Gasteiger partial charge in [0, 0.05) is 24.1 Å². The standard InChI is InChI=1S/C21H20Cl2N2O6/c1-29-14-4-6-18(30-2)16(9-14)24-19(26)11-31-21(28)12-7-20(27)25(10-12)17-8-13(22)3-5-15(17)23/h3-6,8-9,12H,7,10-11H2,1-2H3,(H,24,26)/t12-/m0/s1. The Morgan fingerprint density at radius 2 is 1.90 bits per heavy atom. The fourth-order valence-corrected chi connectivity index (χ4v) is 3.53. The lowest BCUT2D eigenvalue weighted by Gasteiger charge is -2.18. The van der Waals surface area contributed by atoms with Crippen LogP contribution < -0.4 is 19.7 Å². The molecule has 1 saturated heterocycles. The average Bonchev–Trinajstić information content (AvgIpc) is 3.15. The smallest absolute Gasteiger partial charge is 0.311 e. The largest absolute Gasteiger partial charge is 0.497 e. The number of rotatable bonds is 7. The number of halogens is 2. The molecule has 0 spiro atoms. The van der Waals surface area contributed by atoms with Gasteiger partial charge in [-0.15, -0.1) is 0 Å². The van der Waals surface area contributed by atoms with Gasteiger partial charge in [0.15, 0.2) is 6.61 Å². The molecule has 0 aliphatic carbocycles. The minimum absolute atomic E-state index is 0.0486. The number of nitrogens with one attached hydrogen (secondary N) is 1. The number of amides is 2. The van der Waals surface area contributed by atoms with Gasteiger partial charge in [-0.25, -0.2) is 0 Å². The summed E-state index contributed by atoms with van der Waals surface area (Å²) in [5.74, 6) is -1.26. The van der Waals surface area contributed by atoms with Crippen LogP contribution in [0.4, 0.5) is 11.4 Å². The summed E-state index contributed by atoms with van der Waals surface area (Å²) in [5, 5.41) is 3.37. The molecular weight excluding hydrogens is 447 g/mol. The molecule has 0 radical (unpaired) electrons. The summed E-state index contributed by atoms with van der Waals surface area (Å²) < 4.78 is 15.4. The maximum absolute atomic E-state index is 12.4. The van der Waals surface area contributed by atoms with Crippen molar-refractivity contribution in [3.63, 3.8) is 0 Å². The van der Waals surface area contributed by atoms with E-state index in [4.69, 9.17) is 37.4 Å². The first kappa shape index (κ1) is 22.7. The Labute approximate surface area is 189 Å². The van der Waals surface area contributed by atoms with E-state index in [2.05, 4.69) is 5.32 Å². The number of carbonyl (C=O) groups excluding carboxylic acids is 3. The van der Waals surface area contributed by atoms with Gasteiger partial charge in [-0.2, -0.15) is 0 Å². The molecule has 0 unspecified atom stereocenters. The van der Waals surface area contributed by atoms with Gasteiger partial charge in [-0.05, 0) is 30.3 Å². The third kappa shape index (κ3) is 5.39. The Balaban J connectivity index is 1.58. The van der Waals surface area contributed by atoms with E-state index in [-0.39, 0.29) is 18.9 Å². The highest BCUT2D eigenvalue weighted by Gasteiger charge is 2.37. The molecule has 1 heterocycles. The minimum atomic E-state index is -0.721. The van der Waals surface area contributed by atoms with E-state index >= 15 is 0 Å². The van der Waals surface area contributed by atoms with Crippen LogP contribution >= 0.6 is 23.2 Å². The van der Waals surface area contributed by atoms with Crippen molar-refractivity contribution < 1.29 is 28.6 Å². The van der Waals surface area contributed by atoms with Crippen LogP contribution in [0.2, 0.25) is 10.0 Å². The lowest BCUT2D eigenvalue weighted by molar-refractivity contribution is -0.151. The van der Waals surface area contributed by atoms with Crippen molar-refractivity contribution in [3.05, 3.63) is 46.4 Å². The van der Waals surface area contributed by atoms with Crippen molar-refractivity contribution >= 4 is 52.4 Å². The first-order valence-corrected chi connectivity index (χ1v) is 10.0. The highest BCUT2D eigenvalue weighted by molar-refractivity contribution is 6.35. The zero-order valence-corrected chi connectivity index (χ0v) is 18.3. The maximum Gasteiger partial charge on any atom is 0.311 e. The Bertz CT molecular complexity index is 1010. The Kier molecular flexibility index (Phi) is 7.25. The first-order valence-electron chi connectivity index (χ1n) is 9.26. The van der Waals surface area contributed by atoms with E-state index < -0.39 is 24.4 Å². The summed E-state index contributed by atoms with van der Waals surface area (Å²) in [7, 11) is 2.96. The van der Waals surface area contributed by atoms with Crippen LogP contribution in [-0.4, -0.2) is 45.2 Å². The number of ether oxygens (including phenoxy) is 3. The molecule has 1 aliphatic heterocycles. The maximum atomic E-state index is 12.4. The first-order chi connectivity index (χ1) is 14.8. The molecule has 8 nitrogen and oxygen atoms in total. The number of hydrogen-bond acceptors (Lipinski definition) is 6. The van der Waals surface area contributed by atoms with Crippen molar-refractivity contribution in [2.24, 2.45) is 5.92 Å². The predicted molar refractivity (Wildman–Crippen MR) is 116 cm³/mol. The summed E-state index contributed by atoms with van der Waals surface area (Å²) in [4.78, 5) is 38.4. The molecule has 1 N–H and O–H groups in total. The summed E-state index contributed by atoms with van der Waals surface area (Å²) in [6.45, 7) is -0.426. The molecule has 10 heteroatoms. The zero-order chi connectivity index (χ0) is 22.5. The van der Waals surface area contributed by atoms with E-state index in [0.29, 0.717) is 32.9 Å². The number of methoxy groups -OCH3 is 2. The number of esters is 1. The molecule has 0 bridgehead atoms. The van der Waals surface area contributed by atoms with E-state index in [9.17, 15) is 14.4 Å². The van der Waals surface area contributed by atoms with E-state index in [1.54, 1.807) is 36.4 Å². The third-order valence-electron chi connectivity index (χ3n) is 4.68. The molecule has 31 heavy (non-hydrogen) atoms. The van der Waals surface area contributed by atoms with Crippen LogP contribution in [0.1, 0.15) is 6.42 Å². The fraction of sp³-hybridized carbons (Fsp3) is 0.286. The number of carbonyl (C=O) groups is 3. The van der Waals surface area contributed by atoms with Crippen LogP contribution in [0.5, 0.6) is 11.5 Å². The third-order valence-corrected chi connectivity index (χ3v) is 5.24. The van der Waals surface area contributed by atoms with Crippen LogP contribution in [0, 0.1) is 5.92 Å². The van der Waals surface area contributed by atoms with Crippen molar-refractivity contribution in [1.82, 2.24) is 0 Å². The van der Waals surface area contributed by atoms with Crippen LogP contribution in [0.25, 0.3) is 0 Å². The topological polar surface area (TPSA) is 94.2 Å². The van der Waals surface area contributed by atoms with Gasteiger partial charge in [0.25, 0.3) is 5.91 Å². The lowest BCUT2D eigenvalue weighted by atomic mass is 10.1.